The molecule has 0 amide bonds. The van der Waals surface area contributed by atoms with Crippen molar-refractivity contribution < 1.29 is 19.0 Å². The minimum atomic E-state index is -0.879. The van der Waals surface area contributed by atoms with Crippen molar-refractivity contribution in [2.24, 2.45) is 5.41 Å². The molecular weight excluding hydrogens is 305 g/mol. The fourth-order valence-electron chi connectivity index (χ4n) is 1.76. The van der Waals surface area contributed by atoms with Crippen LogP contribution in [0.2, 0.25) is 0 Å². The smallest absolute Gasteiger partial charge is 0.315 e. The Kier molecular flexibility index (Phi) is 3.99. The largest absolute Gasteiger partial charge is 0.481 e. The summed E-state index contributed by atoms with van der Waals surface area (Å²) >= 11 is 3.27. The van der Waals surface area contributed by atoms with E-state index in [0.29, 0.717) is 12.1 Å². The molecular formula is C12H13BrFNO3. The molecule has 1 aliphatic heterocycles. The lowest BCUT2D eigenvalue weighted by atomic mass is 9.86. The zero-order valence-corrected chi connectivity index (χ0v) is 11.2. The highest BCUT2D eigenvalue weighted by Crippen LogP contribution is 2.27. The van der Waals surface area contributed by atoms with Crippen LogP contribution in [0.15, 0.2) is 22.7 Å². The zero-order valence-electron chi connectivity index (χ0n) is 9.58. The number of nitrogens with one attached hydrogen (secondary N) is 1. The average molecular weight is 318 g/mol. The Hall–Kier alpha value is -0.980. The van der Waals surface area contributed by atoms with Crippen molar-refractivity contribution in [3.63, 3.8) is 0 Å². The van der Waals surface area contributed by atoms with Crippen LogP contribution in [0.3, 0.4) is 0 Å². The molecule has 0 spiro atoms. The first-order valence-electron chi connectivity index (χ1n) is 5.49. The van der Waals surface area contributed by atoms with Crippen LogP contribution in [0.25, 0.3) is 0 Å². The molecule has 0 saturated carbocycles. The minimum Gasteiger partial charge on any atom is -0.481 e. The van der Waals surface area contributed by atoms with Gasteiger partial charge in [0.1, 0.15) is 11.2 Å². The van der Waals surface area contributed by atoms with Gasteiger partial charge in [-0.2, -0.15) is 0 Å². The number of benzene rings is 1. The fourth-order valence-corrected chi connectivity index (χ4v) is 2.17. The first-order chi connectivity index (χ1) is 8.53. The van der Waals surface area contributed by atoms with E-state index < -0.39 is 11.4 Å². The van der Waals surface area contributed by atoms with Gasteiger partial charge in [-0.25, -0.2) is 4.39 Å². The van der Waals surface area contributed by atoms with E-state index in [1.54, 1.807) is 12.1 Å². The van der Waals surface area contributed by atoms with Crippen LogP contribution in [0.4, 0.5) is 4.39 Å². The monoisotopic (exact) mass is 317 g/mol. The number of carboxylic acids is 1. The van der Waals surface area contributed by atoms with Gasteiger partial charge in [0.05, 0.1) is 13.2 Å². The van der Waals surface area contributed by atoms with E-state index in [1.165, 1.54) is 6.07 Å². The number of rotatable bonds is 5. The summed E-state index contributed by atoms with van der Waals surface area (Å²) in [4.78, 5) is 11.1. The van der Waals surface area contributed by atoms with Gasteiger partial charge in [0.2, 0.25) is 0 Å². The quantitative estimate of drug-likeness (QED) is 0.869. The second kappa shape index (κ2) is 5.34. The van der Waals surface area contributed by atoms with Crippen LogP contribution in [0, 0.1) is 11.2 Å². The standard InChI is InChI=1S/C12H13BrFNO3/c13-9-1-2-10(14)8(3-9)4-15-5-12(11(16)17)6-18-7-12/h1-3,15H,4-7H2,(H,16,17). The first kappa shape index (κ1) is 13.5. The van der Waals surface area contributed by atoms with Gasteiger partial charge < -0.3 is 15.2 Å². The van der Waals surface area contributed by atoms with Crippen molar-refractivity contribution in [2.45, 2.75) is 6.54 Å². The molecule has 98 valence electrons. The van der Waals surface area contributed by atoms with E-state index in [4.69, 9.17) is 9.84 Å². The van der Waals surface area contributed by atoms with Gasteiger partial charge in [-0.05, 0) is 18.2 Å². The maximum absolute atomic E-state index is 13.4. The lowest BCUT2D eigenvalue weighted by Gasteiger charge is -2.37. The van der Waals surface area contributed by atoms with Crippen LogP contribution in [0.1, 0.15) is 5.56 Å². The molecule has 1 aromatic rings. The molecule has 4 nitrogen and oxygen atoms in total. The number of aliphatic carboxylic acids is 1. The molecule has 0 bridgehead atoms. The SMILES string of the molecule is O=C(O)C1(CNCc2cc(Br)ccc2F)COC1. The zero-order chi connectivity index (χ0) is 13.2. The highest BCUT2D eigenvalue weighted by molar-refractivity contribution is 9.10. The number of halogens is 2. The summed E-state index contributed by atoms with van der Waals surface area (Å²) in [6.45, 7) is 0.973. The Morgan fingerprint density at radius 2 is 2.28 bits per heavy atom. The molecule has 1 heterocycles. The molecule has 1 fully saturated rings. The maximum atomic E-state index is 13.4. The molecule has 1 aliphatic rings. The highest BCUT2D eigenvalue weighted by atomic mass is 79.9. The second-order valence-corrected chi connectivity index (χ2v) is 5.33. The van der Waals surface area contributed by atoms with Gasteiger partial charge in [-0.15, -0.1) is 0 Å². The molecule has 6 heteroatoms. The number of carbonyl (C=O) groups is 1. The third-order valence-electron chi connectivity index (χ3n) is 3.00. The Bertz CT molecular complexity index is 463. The lowest BCUT2D eigenvalue weighted by molar-refractivity contribution is -0.178. The van der Waals surface area contributed by atoms with Crippen LogP contribution in [0.5, 0.6) is 0 Å². The average Bonchev–Trinajstić information content (AvgIpc) is 2.26. The van der Waals surface area contributed by atoms with Crippen molar-refractivity contribution in [3.05, 3.63) is 34.1 Å². The van der Waals surface area contributed by atoms with Crippen molar-refractivity contribution in [2.75, 3.05) is 19.8 Å². The Morgan fingerprint density at radius 3 is 2.83 bits per heavy atom. The van der Waals surface area contributed by atoms with Crippen molar-refractivity contribution in [1.82, 2.24) is 5.32 Å². The molecule has 2 rings (SSSR count). The molecule has 0 aromatic heterocycles. The van der Waals surface area contributed by atoms with Crippen LogP contribution >= 0.6 is 15.9 Å². The van der Waals surface area contributed by atoms with E-state index in [0.717, 1.165) is 4.47 Å². The Balaban J connectivity index is 1.92. The third-order valence-corrected chi connectivity index (χ3v) is 3.49. The molecule has 0 atom stereocenters. The summed E-state index contributed by atoms with van der Waals surface area (Å²) in [6, 6.07) is 4.67. The first-order valence-corrected chi connectivity index (χ1v) is 6.29. The second-order valence-electron chi connectivity index (χ2n) is 4.42. The van der Waals surface area contributed by atoms with E-state index in [-0.39, 0.29) is 25.6 Å². The Labute approximate surface area is 112 Å². The van der Waals surface area contributed by atoms with E-state index in [9.17, 15) is 9.18 Å². The van der Waals surface area contributed by atoms with Gasteiger partial charge >= 0.3 is 5.97 Å². The molecule has 0 radical (unpaired) electrons. The van der Waals surface area contributed by atoms with Crippen LogP contribution < -0.4 is 5.32 Å². The number of carboxylic acid groups (broad SMARTS) is 1. The van der Waals surface area contributed by atoms with Crippen LogP contribution in [-0.2, 0) is 16.1 Å². The lowest BCUT2D eigenvalue weighted by Crippen LogP contribution is -2.55. The minimum absolute atomic E-state index is 0.205. The summed E-state index contributed by atoms with van der Waals surface area (Å²) < 4.78 is 19.2. The van der Waals surface area contributed by atoms with E-state index >= 15 is 0 Å². The fraction of sp³-hybridized carbons (Fsp3) is 0.417. The maximum Gasteiger partial charge on any atom is 0.315 e. The van der Waals surface area contributed by atoms with Crippen molar-refractivity contribution >= 4 is 21.9 Å². The van der Waals surface area contributed by atoms with Gasteiger partial charge in [0.25, 0.3) is 0 Å². The van der Waals surface area contributed by atoms with Crippen molar-refractivity contribution in [1.29, 1.82) is 0 Å². The topological polar surface area (TPSA) is 58.6 Å². The summed E-state index contributed by atoms with van der Waals surface area (Å²) in [5.74, 6) is -1.18. The predicted molar refractivity (Wildman–Crippen MR) is 66.7 cm³/mol. The normalized spacial score (nSPS) is 17.2. The summed E-state index contributed by atoms with van der Waals surface area (Å²) in [7, 11) is 0. The predicted octanol–water partition coefficient (Wildman–Crippen LogP) is 1.78. The number of hydrogen-bond acceptors (Lipinski definition) is 3. The molecule has 0 aliphatic carbocycles. The van der Waals surface area contributed by atoms with Gasteiger partial charge in [-0.1, -0.05) is 15.9 Å². The molecule has 2 N–H and O–H groups in total. The van der Waals surface area contributed by atoms with Gasteiger partial charge in [-0.3, -0.25) is 4.79 Å². The van der Waals surface area contributed by atoms with Gasteiger partial charge in [0, 0.05) is 23.1 Å². The van der Waals surface area contributed by atoms with E-state index in [1.807, 2.05) is 0 Å². The third kappa shape index (κ3) is 2.71. The number of hydrogen-bond donors (Lipinski definition) is 2. The summed E-state index contributed by atoms with van der Waals surface area (Å²) in [6.07, 6.45) is 0. The van der Waals surface area contributed by atoms with Crippen molar-refractivity contribution in [3.8, 4) is 0 Å². The molecule has 0 unspecified atom stereocenters. The van der Waals surface area contributed by atoms with Gasteiger partial charge in [0.15, 0.2) is 0 Å². The Morgan fingerprint density at radius 1 is 1.56 bits per heavy atom. The molecule has 1 aromatic carbocycles. The summed E-state index contributed by atoms with van der Waals surface area (Å²) in [5.41, 5.74) is -0.354. The number of ether oxygens (including phenoxy) is 1. The van der Waals surface area contributed by atoms with Crippen LogP contribution in [-0.4, -0.2) is 30.8 Å². The summed E-state index contributed by atoms with van der Waals surface area (Å²) in [5, 5.41) is 12.1. The van der Waals surface area contributed by atoms with E-state index in [2.05, 4.69) is 21.2 Å². The highest BCUT2D eigenvalue weighted by Gasteiger charge is 2.45. The molecule has 1 saturated heterocycles. The molecule has 18 heavy (non-hydrogen) atoms.